The highest BCUT2D eigenvalue weighted by atomic mass is 32.2. The standard InChI is InChI=1S/C11H17NS3/c1-8-11(15-5-4-14-8)10(12)6-9-2-3-13-7-9/h2-3,7-8,10-11H,4-6,12H2,1H3. The number of nitrogens with two attached hydrogens (primary N) is 1. The van der Waals surface area contributed by atoms with E-state index >= 15 is 0 Å². The summed E-state index contributed by atoms with van der Waals surface area (Å²) < 4.78 is 0. The molecule has 1 nitrogen and oxygen atoms in total. The van der Waals surface area contributed by atoms with E-state index in [1.807, 2.05) is 0 Å². The maximum Gasteiger partial charge on any atom is 0.0318 e. The molecule has 0 bridgehead atoms. The van der Waals surface area contributed by atoms with Gasteiger partial charge in [-0.3, -0.25) is 0 Å². The summed E-state index contributed by atoms with van der Waals surface area (Å²) >= 11 is 5.89. The third-order valence-corrected chi connectivity index (χ3v) is 6.71. The van der Waals surface area contributed by atoms with E-state index < -0.39 is 0 Å². The van der Waals surface area contributed by atoms with Crippen molar-refractivity contribution in [2.75, 3.05) is 11.5 Å². The SMILES string of the molecule is CC1SCCSC1C(N)Cc1ccsc1. The fourth-order valence-electron chi connectivity index (χ4n) is 1.92. The second kappa shape index (κ2) is 5.62. The summed E-state index contributed by atoms with van der Waals surface area (Å²) in [7, 11) is 0. The van der Waals surface area contributed by atoms with E-state index in [9.17, 15) is 0 Å². The van der Waals surface area contributed by atoms with Crippen LogP contribution in [0.25, 0.3) is 0 Å². The Balaban J connectivity index is 1.91. The summed E-state index contributed by atoms with van der Waals surface area (Å²) in [6.07, 6.45) is 1.03. The number of hydrogen-bond acceptors (Lipinski definition) is 4. The first-order valence-corrected chi connectivity index (χ1v) is 8.31. The first kappa shape index (κ1) is 11.8. The largest absolute Gasteiger partial charge is 0.326 e. The molecule has 0 amide bonds. The van der Waals surface area contributed by atoms with Crippen LogP contribution in [0.3, 0.4) is 0 Å². The maximum absolute atomic E-state index is 6.30. The topological polar surface area (TPSA) is 26.0 Å². The van der Waals surface area contributed by atoms with Crippen molar-refractivity contribution < 1.29 is 0 Å². The summed E-state index contributed by atoms with van der Waals surface area (Å²) in [6.45, 7) is 2.31. The monoisotopic (exact) mass is 259 g/mol. The molecule has 1 aromatic heterocycles. The maximum atomic E-state index is 6.30. The molecule has 84 valence electrons. The fourth-order valence-corrected chi connectivity index (χ4v) is 5.49. The van der Waals surface area contributed by atoms with Crippen LogP contribution in [0.4, 0.5) is 0 Å². The lowest BCUT2D eigenvalue weighted by Crippen LogP contribution is -2.42. The highest BCUT2D eigenvalue weighted by Gasteiger charge is 2.27. The van der Waals surface area contributed by atoms with Crippen molar-refractivity contribution >= 4 is 34.9 Å². The van der Waals surface area contributed by atoms with Gasteiger partial charge in [0.1, 0.15) is 0 Å². The van der Waals surface area contributed by atoms with Crippen molar-refractivity contribution in [2.24, 2.45) is 5.73 Å². The zero-order chi connectivity index (χ0) is 10.7. The molecule has 3 unspecified atom stereocenters. The van der Waals surface area contributed by atoms with Crippen LogP contribution < -0.4 is 5.73 Å². The van der Waals surface area contributed by atoms with Crippen LogP contribution in [0.1, 0.15) is 12.5 Å². The average molecular weight is 259 g/mol. The Bertz CT molecular complexity index is 286. The quantitative estimate of drug-likeness (QED) is 0.904. The average Bonchev–Trinajstić information content (AvgIpc) is 2.71. The Kier molecular flexibility index (Phi) is 4.43. The molecule has 2 N–H and O–H groups in total. The molecule has 0 saturated carbocycles. The van der Waals surface area contributed by atoms with E-state index in [0.717, 1.165) is 6.42 Å². The van der Waals surface area contributed by atoms with Gasteiger partial charge in [0.25, 0.3) is 0 Å². The van der Waals surface area contributed by atoms with Gasteiger partial charge in [-0.05, 0) is 28.8 Å². The smallest absolute Gasteiger partial charge is 0.0318 e. The Labute approximate surface area is 104 Å². The zero-order valence-electron chi connectivity index (χ0n) is 8.89. The van der Waals surface area contributed by atoms with Crippen LogP contribution in [0, 0.1) is 0 Å². The summed E-state index contributed by atoms with van der Waals surface area (Å²) in [5.41, 5.74) is 7.70. The van der Waals surface area contributed by atoms with Crippen molar-refractivity contribution in [3.63, 3.8) is 0 Å². The van der Waals surface area contributed by atoms with Crippen LogP contribution in [0.2, 0.25) is 0 Å². The summed E-state index contributed by atoms with van der Waals surface area (Å²) in [5.74, 6) is 2.55. The van der Waals surface area contributed by atoms with E-state index in [1.165, 1.54) is 17.1 Å². The zero-order valence-corrected chi connectivity index (χ0v) is 11.3. The molecule has 15 heavy (non-hydrogen) atoms. The van der Waals surface area contributed by atoms with Crippen molar-refractivity contribution in [1.82, 2.24) is 0 Å². The molecular formula is C11H17NS3. The van der Waals surface area contributed by atoms with E-state index in [2.05, 4.69) is 47.3 Å². The summed E-state index contributed by atoms with van der Waals surface area (Å²) in [5, 5.41) is 5.68. The predicted octanol–water partition coefficient (Wildman–Crippen LogP) is 2.86. The lowest BCUT2D eigenvalue weighted by atomic mass is 10.0. The van der Waals surface area contributed by atoms with Gasteiger partial charge < -0.3 is 5.73 Å². The fraction of sp³-hybridized carbons (Fsp3) is 0.636. The van der Waals surface area contributed by atoms with Crippen LogP contribution in [0.15, 0.2) is 16.8 Å². The molecule has 1 aliphatic rings. The van der Waals surface area contributed by atoms with Crippen LogP contribution >= 0.6 is 34.9 Å². The molecule has 4 heteroatoms. The van der Waals surface area contributed by atoms with E-state index in [0.29, 0.717) is 16.5 Å². The molecule has 0 aromatic carbocycles. The molecule has 1 aliphatic heterocycles. The number of hydrogen-bond donors (Lipinski definition) is 1. The van der Waals surface area contributed by atoms with Gasteiger partial charge in [0, 0.05) is 28.0 Å². The van der Waals surface area contributed by atoms with Gasteiger partial charge >= 0.3 is 0 Å². The van der Waals surface area contributed by atoms with Crippen molar-refractivity contribution in [2.45, 2.75) is 29.9 Å². The van der Waals surface area contributed by atoms with Crippen LogP contribution in [-0.4, -0.2) is 28.0 Å². The Hall–Kier alpha value is 0.360. The third-order valence-electron chi connectivity index (χ3n) is 2.71. The van der Waals surface area contributed by atoms with Gasteiger partial charge in [-0.25, -0.2) is 0 Å². The highest BCUT2D eigenvalue weighted by molar-refractivity contribution is 8.07. The Morgan fingerprint density at radius 2 is 2.27 bits per heavy atom. The number of thioether (sulfide) groups is 2. The van der Waals surface area contributed by atoms with Crippen molar-refractivity contribution in [1.29, 1.82) is 0 Å². The molecule has 0 spiro atoms. The van der Waals surface area contributed by atoms with Gasteiger partial charge in [-0.2, -0.15) is 34.9 Å². The van der Waals surface area contributed by atoms with E-state index in [-0.39, 0.29) is 0 Å². The molecule has 3 atom stereocenters. The van der Waals surface area contributed by atoms with E-state index in [1.54, 1.807) is 11.3 Å². The molecule has 1 fully saturated rings. The van der Waals surface area contributed by atoms with Crippen molar-refractivity contribution in [3.05, 3.63) is 22.4 Å². The third kappa shape index (κ3) is 3.16. The second-order valence-corrected chi connectivity index (χ2v) is 7.46. The van der Waals surface area contributed by atoms with Crippen LogP contribution in [0.5, 0.6) is 0 Å². The first-order chi connectivity index (χ1) is 7.27. The molecule has 0 aliphatic carbocycles. The summed E-state index contributed by atoms with van der Waals surface area (Å²) in [6, 6.07) is 2.50. The minimum atomic E-state index is 0.312. The summed E-state index contributed by atoms with van der Waals surface area (Å²) in [4.78, 5) is 0. The normalized spacial score (nSPS) is 28.9. The minimum Gasteiger partial charge on any atom is -0.326 e. The Morgan fingerprint density at radius 3 is 2.93 bits per heavy atom. The molecule has 0 radical (unpaired) electrons. The van der Waals surface area contributed by atoms with Gasteiger partial charge in [0.05, 0.1) is 0 Å². The number of thiophene rings is 1. The second-order valence-electron chi connectivity index (χ2n) is 3.91. The van der Waals surface area contributed by atoms with Gasteiger partial charge in [-0.15, -0.1) is 0 Å². The lowest BCUT2D eigenvalue weighted by Gasteiger charge is -2.32. The van der Waals surface area contributed by atoms with Gasteiger partial charge in [-0.1, -0.05) is 6.92 Å². The van der Waals surface area contributed by atoms with E-state index in [4.69, 9.17) is 5.73 Å². The number of rotatable bonds is 3. The first-order valence-electron chi connectivity index (χ1n) is 5.27. The Morgan fingerprint density at radius 1 is 1.47 bits per heavy atom. The lowest BCUT2D eigenvalue weighted by molar-refractivity contribution is 0.623. The molecule has 1 saturated heterocycles. The molecule has 2 rings (SSSR count). The van der Waals surface area contributed by atoms with Gasteiger partial charge in [0.2, 0.25) is 0 Å². The van der Waals surface area contributed by atoms with Crippen molar-refractivity contribution in [3.8, 4) is 0 Å². The molecular weight excluding hydrogens is 242 g/mol. The van der Waals surface area contributed by atoms with Crippen LogP contribution in [-0.2, 0) is 6.42 Å². The van der Waals surface area contributed by atoms with Gasteiger partial charge in [0.15, 0.2) is 0 Å². The highest BCUT2D eigenvalue weighted by Crippen LogP contribution is 2.33. The predicted molar refractivity (Wildman–Crippen MR) is 74.2 cm³/mol. The molecule has 1 aromatic rings. The molecule has 2 heterocycles. The minimum absolute atomic E-state index is 0.312.